The third-order valence-corrected chi connectivity index (χ3v) is 2.23. The number of nitrogens with zero attached hydrogens (tertiary/aromatic N) is 1. The minimum absolute atomic E-state index is 0.0273. The van der Waals surface area contributed by atoms with Gasteiger partial charge in [-0.05, 0) is 12.2 Å². The summed E-state index contributed by atoms with van der Waals surface area (Å²) in [6.07, 6.45) is 0. The predicted octanol–water partition coefficient (Wildman–Crippen LogP) is -2.29. The quantitative estimate of drug-likeness (QED) is 0.322. The maximum Gasteiger partial charge on any atom is 0.216 e. The summed E-state index contributed by atoms with van der Waals surface area (Å²) in [5, 5.41) is 9.54. The van der Waals surface area contributed by atoms with Crippen molar-refractivity contribution >= 4 is 17.3 Å². The van der Waals surface area contributed by atoms with Crippen LogP contribution < -0.4 is 11.3 Å². The van der Waals surface area contributed by atoms with Crippen molar-refractivity contribution in [2.45, 2.75) is 6.04 Å². The van der Waals surface area contributed by atoms with E-state index >= 15 is 0 Å². The van der Waals surface area contributed by atoms with Crippen molar-refractivity contribution in [3.63, 3.8) is 0 Å². The molecule has 0 aliphatic carbocycles. The topological polar surface area (TPSA) is 72.4 Å². The largest absolute Gasteiger partial charge is 0.394 e. The molecule has 6 heteroatoms. The minimum Gasteiger partial charge on any atom is -0.394 e. The lowest BCUT2D eigenvalue weighted by Gasteiger charge is -2.34. The van der Waals surface area contributed by atoms with Crippen LogP contribution in [0.4, 0.5) is 0 Å². The first kappa shape index (κ1) is 9.66. The van der Waals surface area contributed by atoms with Crippen molar-refractivity contribution < 1.29 is 15.7 Å². The first-order valence-corrected chi connectivity index (χ1v) is 4.22. The first-order chi connectivity index (χ1) is 5.79. The Morgan fingerprint density at radius 3 is 3.17 bits per heavy atom. The Morgan fingerprint density at radius 2 is 2.58 bits per heavy atom. The van der Waals surface area contributed by atoms with E-state index in [9.17, 15) is 0 Å². The van der Waals surface area contributed by atoms with E-state index in [-0.39, 0.29) is 12.6 Å². The molecule has 12 heavy (non-hydrogen) atoms. The molecule has 1 heterocycles. The van der Waals surface area contributed by atoms with Crippen molar-refractivity contribution in [1.29, 1.82) is 0 Å². The van der Waals surface area contributed by atoms with Crippen molar-refractivity contribution in [2.24, 2.45) is 0 Å². The molecule has 0 bridgehead atoms. The molecule has 0 aromatic rings. The second kappa shape index (κ2) is 4.56. The number of ether oxygens (including phenoxy) is 1. The highest BCUT2D eigenvalue weighted by Gasteiger charge is 2.24. The molecule has 0 amide bonds. The Morgan fingerprint density at radius 1 is 1.83 bits per heavy atom. The van der Waals surface area contributed by atoms with Gasteiger partial charge in [0.1, 0.15) is 0 Å². The van der Waals surface area contributed by atoms with Gasteiger partial charge in [-0.15, -0.1) is 0 Å². The van der Waals surface area contributed by atoms with Crippen LogP contribution >= 0.6 is 12.2 Å². The van der Waals surface area contributed by atoms with Gasteiger partial charge in [0.15, 0.2) is 0 Å². The molecule has 1 saturated heterocycles. The lowest BCUT2D eigenvalue weighted by atomic mass is 10.2. The zero-order valence-electron chi connectivity index (χ0n) is 6.82. The van der Waals surface area contributed by atoms with Crippen LogP contribution in [-0.2, 0) is 4.74 Å². The van der Waals surface area contributed by atoms with Gasteiger partial charge >= 0.3 is 0 Å². The number of rotatable bonds is 1. The summed E-state index contributed by atoms with van der Waals surface area (Å²) in [7, 11) is 0. The summed E-state index contributed by atoms with van der Waals surface area (Å²) in [6.45, 7) is 1.95. The monoisotopic (exact) mass is 192 g/mol. The molecule has 0 aromatic heterocycles. The standard InChI is InChI=1S/C6H13N3O2S/c7-8-6(12)9-1-2-11-4-5(9)3-10/h5,10H,1-4,7H2,(H,8,12)/p+1. The molecule has 0 saturated carbocycles. The van der Waals surface area contributed by atoms with Crippen molar-refractivity contribution in [1.82, 2.24) is 10.3 Å². The van der Waals surface area contributed by atoms with Crippen molar-refractivity contribution in [2.75, 3.05) is 26.4 Å². The number of morpholine rings is 1. The maximum atomic E-state index is 8.98. The lowest BCUT2D eigenvalue weighted by Crippen LogP contribution is -2.71. The summed E-state index contributed by atoms with van der Waals surface area (Å²) in [5.41, 5.74) is 2.64. The summed E-state index contributed by atoms with van der Waals surface area (Å²) in [6, 6.07) is -0.0273. The summed E-state index contributed by atoms with van der Waals surface area (Å²) in [4.78, 5) is 1.89. The molecule has 0 spiro atoms. The summed E-state index contributed by atoms with van der Waals surface area (Å²) in [5.74, 6) is 3.47. The van der Waals surface area contributed by atoms with Crippen LogP contribution in [0, 0.1) is 0 Å². The van der Waals surface area contributed by atoms with Gasteiger partial charge in [-0.2, -0.15) is 0 Å². The van der Waals surface area contributed by atoms with Gasteiger partial charge in [0.2, 0.25) is 5.11 Å². The van der Waals surface area contributed by atoms with Crippen LogP contribution in [0.2, 0.25) is 0 Å². The highest BCUT2D eigenvalue weighted by molar-refractivity contribution is 7.80. The Balaban J connectivity index is 2.52. The predicted molar refractivity (Wildman–Crippen MR) is 47.0 cm³/mol. The van der Waals surface area contributed by atoms with E-state index in [4.69, 9.17) is 22.1 Å². The zero-order chi connectivity index (χ0) is 8.97. The highest BCUT2D eigenvalue weighted by Crippen LogP contribution is 2.05. The molecule has 1 rings (SSSR count). The molecule has 1 fully saturated rings. The van der Waals surface area contributed by atoms with Gasteiger partial charge in [-0.3, -0.25) is 5.84 Å². The van der Waals surface area contributed by atoms with E-state index in [1.54, 1.807) is 0 Å². The van der Waals surface area contributed by atoms with Gasteiger partial charge in [-0.25, -0.2) is 5.43 Å². The van der Waals surface area contributed by atoms with Crippen LogP contribution in [-0.4, -0.2) is 47.5 Å². The van der Waals surface area contributed by atoms with Crippen LogP contribution in [0.1, 0.15) is 0 Å². The number of quaternary nitrogens is 1. The second-order valence-electron chi connectivity index (χ2n) is 2.59. The highest BCUT2D eigenvalue weighted by atomic mass is 32.1. The third kappa shape index (κ3) is 2.04. The molecular formula is C6H14N3O2S+. The van der Waals surface area contributed by atoms with Crippen molar-refractivity contribution in [3.8, 4) is 0 Å². The van der Waals surface area contributed by atoms with E-state index in [2.05, 4.69) is 11.3 Å². The molecule has 70 valence electrons. The van der Waals surface area contributed by atoms with Crippen LogP contribution in [0.5, 0.6) is 0 Å². The Labute approximate surface area is 76.4 Å². The van der Waals surface area contributed by atoms with E-state index < -0.39 is 0 Å². The molecule has 1 aliphatic rings. The fraction of sp³-hybridized carbons (Fsp3) is 0.833. The van der Waals surface area contributed by atoms with Gasteiger partial charge in [0.05, 0.1) is 25.9 Å². The summed E-state index contributed by atoms with van der Waals surface area (Å²) >= 11 is 5.00. The molecule has 5 nitrogen and oxygen atoms in total. The average molecular weight is 192 g/mol. The van der Waals surface area contributed by atoms with E-state index in [0.717, 1.165) is 0 Å². The molecule has 1 unspecified atom stereocenters. The minimum atomic E-state index is -0.0273. The SMILES string of the molecule is [NH3+]NC(=S)N1CCOCC1CO. The molecule has 1 aliphatic heterocycles. The van der Waals surface area contributed by atoms with Crippen LogP contribution in [0.3, 0.4) is 0 Å². The number of hydrogen-bond donors (Lipinski definition) is 3. The first-order valence-electron chi connectivity index (χ1n) is 3.82. The average Bonchev–Trinajstić information content (AvgIpc) is 2.16. The Bertz CT molecular complexity index is 167. The van der Waals surface area contributed by atoms with Crippen LogP contribution in [0.25, 0.3) is 0 Å². The normalized spacial score (nSPS) is 23.8. The second-order valence-corrected chi connectivity index (χ2v) is 2.97. The fourth-order valence-electron chi connectivity index (χ4n) is 1.17. The third-order valence-electron chi connectivity index (χ3n) is 1.85. The Kier molecular flexibility index (Phi) is 3.67. The molecule has 0 aromatic carbocycles. The van der Waals surface area contributed by atoms with E-state index in [1.807, 2.05) is 4.90 Å². The smallest absolute Gasteiger partial charge is 0.216 e. The van der Waals surface area contributed by atoms with Gasteiger partial charge in [0.25, 0.3) is 0 Å². The maximum absolute atomic E-state index is 8.98. The molecule has 1 atom stereocenters. The number of aliphatic hydroxyl groups excluding tert-OH is 1. The van der Waals surface area contributed by atoms with Gasteiger partial charge < -0.3 is 14.7 Å². The van der Waals surface area contributed by atoms with Crippen LogP contribution in [0.15, 0.2) is 0 Å². The number of hydrogen-bond acceptors (Lipinski definition) is 3. The zero-order valence-corrected chi connectivity index (χ0v) is 7.64. The van der Waals surface area contributed by atoms with E-state index in [0.29, 0.717) is 24.9 Å². The molecule has 0 radical (unpaired) electrons. The number of aliphatic hydroxyl groups is 1. The van der Waals surface area contributed by atoms with Crippen molar-refractivity contribution in [3.05, 3.63) is 0 Å². The number of nitrogens with one attached hydrogen (secondary N) is 1. The fourth-order valence-corrected chi connectivity index (χ4v) is 1.42. The molecular weight excluding hydrogens is 178 g/mol. The summed E-state index contributed by atoms with van der Waals surface area (Å²) < 4.78 is 5.19. The number of thiocarbonyl (C=S) groups is 1. The lowest BCUT2D eigenvalue weighted by molar-refractivity contribution is -0.420. The van der Waals surface area contributed by atoms with Gasteiger partial charge in [-0.1, -0.05) is 0 Å². The van der Waals surface area contributed by atoms with Gasteiger partial charge in [0, 0.05) is 6.54 Å². The molecule has 5 N–H and O–H groups in total. The van der Waals surface area contributed by atoms with E-state index in [1.165, 1.54) is 0 Å². The Hall–Kier alpha value is -0.430.